The van der Waals surface area contributed by atoms with Crippen LogP contribution in [0.25, 0.3) is 0 Å². The van der Waals surface area contributed by atoms with E-state index in [2.05, 4.69) is 26.0 Å². The summed E-state index contributed by atoms with van der Waals surface area (Å²) in [6.45, 7) is 1.00. The van der Waals surface area contributed by atoms with E-state index in [1.165, 1.54) is 0 Å². The van der Waals surface area contributed by atoms with Crippen molar-refractivity contribution in [2.24, 2.45) is 0 Å². The summed E-state index contributed by atoms with van der Waals surface area (Å²) in [5.74, 6) is 0.167. The highest BCUT2D eigenvalue weighted by Gasteiger charge is 2.19. The molecule has 1 saturated heterocycles. The summed E-state index contributed by atoms with van der Waals surface area (Å²) in [6, 6.07) is 7.47. The zero-order valence-corrected chi connectivity index (χ0v) is 11.7. The van der Waals surface area contributed by atoms with E-state index in [1.807, 2.05) is 12.1 Å². The average Bonchev–Trinajstić information content (AvgIpc) is 2.19. The summed E-state index contributed by atoms with van der Waals surface area (Å²) >= 11 is 3.31. The molecule has 17 heavy (non-hydrogen) atoms. The molecule has 6 heteroatoms. The first-order valence-corrected chi connectivity index (χ1v) is 7.99. The number of rotatable bonds is 5. The smallest absolute Gasteiger partial charge is 0.232 e. The number of hydrogen-bond acceptors (Lipinski definition) is 3. The number of benzene rings is 1. The molecule has 0 saturated carbocycles. The minimum absolute atomic E-state index is 0.167. The molecule has 0 amide bonds. The number of hydrogen-bond donors (Lipinski definition) is 2. The predicted molar refractivity (Wildman–Crippen MR) is 72.6 cm³/mol. The maximum atomic E-state index is 11.8. The highest BCUT2D eigenvalue weighted by atomic mass is 79.9. The van der Waals surface area contributed by atoms with E-state index in [4.69, 9.17) is 0 Å². The average molecular weight is 319 g/mol. The van der Waals surface area contributed by atoms with Crippen LogP contribution >= 0.6 is 15.9 Å². The molecule has 0 spiro atoms. The van der Waals surface area contributed by atoms with Crippen LogP contribution in [0.4, 0.5) is 5.69 Å². The summed E-state index contributed by atoms with van der Waals surface area (Å²) in [5.41, 5.74) is 0.606. The molecule has 0 aliphatic carbocycles. The minimum atomic E-state index is -3.22. The lowest BCUT2D eigenvalue weighted by Gasteiger charge is -2.27. The fourth-order valence-corrected chi connectivity index (χ4v) is 3.10. The SMILES string of the molecule is O=S(=O)(CCC1CCN1)Nc1ccc(Br)cc1. The molecule has 94 valence electrons. The fourth-order valence-electron chi connectivity index (χ4n) is 1.64. The second-order valence-corrected chi connectivity index (χ2v) is 6.91. The van der Waals surface area contributed by atoms with Crippen molar-refractivity contribution in [1.82, 2.24) is 5.32 Å². The van der Waals surface area contributed by atoms with E-state index >= 15 is 0 Å². The standard InChI is InChI=1S/C11H15BrN2O2S/c12-9-1-3-11(4-2-9)14-17(15,16)8-6-10-5-7-13-10/h1-4,10,13-14H,5-8H2. The Hall–Kier alpha value is -0.590. The second kappa shape index (κ2) is 5.37. The van der Waals surface area contributed by atoms with Crippen LogP contribution < -0.4 is 10.0 Å². The van der Waals surface area contributed by atoms with Crippen LogP contribution in [0, 0.1) is 0 Å². The Bertz CT molecular complexity index is 469. The largest absolute Gasteiger partial charge is 0.314 e. The fraction of sp³-hybridized carbons (Fsp3) is 0.455. The van der Waals surface area contributed by atoms with Gasteiger partial charge in [-0.1, -0.05) is 15.9 Å². The maximum absolute atomic E-state index is 11.8. The summed E-state index contributed by atoms with van der Waals surface area (Å²) < 4.78 is 27.1. The van der Waals surface area contributed by atoms with E-state index in [0.717, 1.165) is 17.4 Å². The van der Waals surface area contributed by atoms with Gasteiger partial charge in [0.15, 0.2) is 0 Å². The molecular formula is C11H15BrN2O2S. The lowest BCUT2D eigenvalue weighted by Crippen LogP contribution is -2.44. The number of anilines is 1. The van der Waals surface area contributed by atoms with Gasteiger partial charge < -0.3 is 5.32 Å². The molecule has 1 fully saturated rings. The van der Waals surface area contributed by atoms with E-state index in [-0.39, 0.29) is 5.75 Å². The van der Waals surface area contributed by atoms with Crippen LogP contribution in [0.3, 0.4) is 0 Å². The van der Waals surface area contributed by atoms with Crippen LogP contribution in [0.1, 0.15) is 12.8 Å². The second-order valence-electron chi connectivity index (χ2n) is 4.16. The van der Waals surface area contributed by atoms with Gasteiger partial charge >= 0.3 is 0 Å². The molecule has 1 aliphatic heterocycles. The normalized spacial score (nSPS) is 19.7. The zero-order valence-electron chi connectivity index (χ0n) is 9.32. The quantitative estimate of drug-likeness (QED) is 0.872. The molecule has 0 bridgehead atoms. The Morgan fingerprint density at radius 2 is 2.00 bits per heavy atom. The Morgan fingerprint density at radius 1 is 1.35 bits per heavy atom. The first-order valence-electron chi connectivity index (χ1n) is 5.55. The summed E-state index contributed by atoms with van der Waals surface area (Å²) in [5, 5.41) is 3.19. The third-order valence-electron chi connectivity index (χ3n) is 2.78. The van der Waals surface area contributed by atoms with Crippen LogP contribution in [0.2, 0.25) is 0 Å². The highest BCUT2D eigenvalue weighted by Crippen LogP contribution is 2.16. The lowest BCUT2D eigenvalue weighted by molar-refractivity contribution is 0.362. The Balaban J connectivity index is 1.89. The predicted octanol–water partition coefficient (Wildman–Crippen LogP) is 1.94. The van der Waals surface area contributed by atoms with Crippen molar-refractivity contribution in [3.05, 3.63) is 28.7 Å². The molecule has 2 rings (SSSR count). The molecule has 4 nitrogen and oxygen atoms in total. The molecule has 0 aromatic heterocycles. The Labute approximate surface area is 110 Å². The van der Waals surface area contributed by atoms with Gasteiger partial charge in [0.05, 0.1) is 5.75 Å². The van der Waals surface area contributed by atoms with Gasteiger partial charge in [-0.15, -0.1) is 0 Å². The third-order valence-corrected chi connectivity index (χ3v) is 4.63. The lowest BCUT2D eigenvalue weighted by atomic mass is 10.1. The summed E-state index contributed by atoms with van der Waals surface area (Å²) in [7, 11) is -3.22. The van der Waals surface area contributed by atoms with E-state index in [1.54, 1.807) is 12.1 Å². The number of sulfonamides is 1. The molecular weight excluding hydrogens is 304 g/mol. The monoisotopic (exact) mass is 318 g/mol. The zero-order chi connectivity index (χ0) is 12.3. The van der Waals surface area contributed by atoms with Crippen molar-refractivity contribution < 1.29 is 8.42 Å². The van der Waals surface area contributed by atoms with Crippen molar-refractivity contribution in [1.29, 1.82) is 0 Å². The molecule has 1 aromatic carbocycles. The maximum Gasteiger partial charge on any atom is 0.232 e. The van der Waals surface area contributed by atoms with E-state index < -0.39 is 10.0 Å². The van der Waals surface area contributed by atoms with Crippen molar-refractivity contribution in [3.8, 4) is 0 Å². The number of nitrogens with one attached hydrogen (secondary N) is 2. The Morgan fingerprint density at radius 3 is 2.53 bits per heavy atom. The van der Waals surface area contributed by atoms with Crippen LogP contribution in [0.5, 0.6) is 0 Å². The molecule has 0 radical (unpaired) electrons. The molecule has 1 aromatic rings. The minimum Gasteiger partial charge on any atom is -0.314 e. The first kappa shape index (κ1) is 12.9. The van der Waals surface area contributed by atoms with Crippen molar-refractivity contribution in [2.45, 2.75) is 18.9 Å². The van der Waals surface area contributed by atoms with Gasteiger partial charge in [-0.3, -0.25) is 4.72 Å². The third kappa shape index (κ3) is 3.97. The van der Waals surface area contributed by atoms with Gasteiger partial charge in [0.25, 0.3) is 0 Å². The van der Waals surface area contributed by atoms with Gasteiger partial charge in [-0.05, 0) is 43.7 Å². The molecule has 2 N–H and O–H groups in total. The van der Waals surface area contributed by atoms with Crippen molar-refractivity contribution in [2.75, 3.05) is 17.0 Å². The summed E-state index contributed by atoms with van der Waals surface area (Å²) in [6.07, 6.45) is 1.75. The molecule has 1 unspecified atom stereocenters. The molecule has 1 aliphatic rings. The van der Waals surface area contributed by atoms with Crippen molar-refractivity contribution >= 4 is 31.6 Å². The topological polar surface area (TPSA) is 58.2 Å². The van der Waals surface area contributed by atoms with Gasteiger partial charge in [0.2, 0.25) is 10.0 Å². The van der Waals surface area contributed by atoms with E-state index in [9.17, 15) is 8.42 Å². The van der Waals surface area contributed by atoms with Gasteiger partial charge in [0, 0.05) is 16.2 Å². The van der Waals surface area contributed by atoms with Crippen molar-refractivity contribution in [3.63, 3.8) is 0 Å². The first-order chi connectivity index (χ1) is 8.05. The van der Waals surface area contributed by atoms with Gasteiger partial charge in [-0.25, -0.2) is 8.42 Å². The van der Waals surface area contributed by atoms with Crippen LogP contribution in [-0.4, -0.2) is 26.8 Å². The number of halogens is 1. The van der Waals surface area contributed by atoms with E-state index in [0.29, 0.717) is 18.2 Å². The highest BCUT2D eigenvalue weighted by molar-refractivity contribution is 9.10. The van der Waals surface area contributed by atoms with Crippen LogP contribution in [0.15, 0.2) is 28.7 Å². The molecule has 1 heterocycles. The molecule has 1 atom stereocenters. The van der Waals surface area contributed by atoms with Gasteiger partial charge in [-0.2, -0.15) is 0 Å². The van der Waals surface area contributed by atoms with Crippen LogP contribution in [-0.2, 0) is 10.0 Å². The van der Waals surface area contributed by atoms with Gasteiger partial charge in [0.1, 0.15) is 0 Å². The Kier molecular flexibility index (Phi) is 4.06. The summed E-state index contributed by atoms with van der Waals surface area (Å²) in [4.78, 5) is 0.